The number of hydrogen-bond acceptors (Lipinski definition) is 4. The lowest BCUT2D eigenvalue weighted by Gasteiger charge is -2.38. The summed E-state index contributed by atoms with van der Waals surface area (Å²) >= 11 is 0. The van der Waals surface area contributed by atoms with Gasteiger partial charge in [0.15, 0.2) is 0 Å². The van der Waals surface area contributed by atoms with Crippen LogP contribution in [0.1, 0.15) is 52.0 Å². The zero-order valence-electron chi connectivity index (χ0n) is 21.7. The van der Waals surface area contributed by atoms with E-state index < -0.39 is 0 Å². The molecule has 0 spiro atoms. The van der Waals surface area contributed by atoms with Gasteiger partial charge in [-0.3, -0.25) is 4.90 Å². The van der Waals surface area contributed by atoms with Gasteiger partial charge in [0.1, 0.15) is 5.75 Å². The largest absolute Gasteiger partial charge is 0.508 e. The molecule has 1 aliphatic carbocycles. The van der Waals surface area contributed by atoms with Crippen LogP contribution in [0.5, 0.6) is 5.75 Å². The van der Waals surface area contributed by atoms with E-state index in [0.717, 1.165) is 62.2 Å². The number of aromatic hydroxyl groups is 1. The third kappa shape index (κ3) is 7.33. The van der Waals surface area contributed by atoms with Gasteiger partial charge in [0.05, 0.1) is 0 Å². The molecule has 2 aliphatic rings. The lowest BCUT2D eigenvalue weighted by molar-refractivity contribution is 0.132. The lowest BCUT2D eigenvalue weighted by Crippen LogP contribution is -2.48. The van der Waals surface area contributed by atoms with E-state index in [9.17, 15) is 10.2 Å². The summed E-state index contributed by atoms with van der Waals surface area (Å²) in [6.07, 6.45) is 16.7. The number of piperazine rings is 1. The Morgan fingerprint density at radius 2 is 1.80 bits per heavy atom. The van der Waals surface area contributed by atoms with Gasteiger partial charge < -0.3 is 15.1 Å². The average Bonchev–Trinajstić information content (AvgIpc) is 2.87. The fourth-order valence-corrected chi connectivity index (χ4v) is 4.85. The Bertz CT molecular complexity index is 1000. The first-order chi connectivity index (χ1) is 16.9. The molecule has 0 unspecified atom stereocenters. The highest BCUT2D eigenvalue weighted by Gasteiger charge is 2.21. The van der Waals surface area contributed by atoms with Crippen LogP contribution in [-0.2, 0) is 0 Å². The number of nitrogens with zero attached hydrogens (tertiary/aromatic N) is 2. The number of phenols is 1. The first kappa shape index (κ1) is 26.8. The Kier molecular flexibility index (Phi) is 10.2. The van der Waals surface area contributed by atoms with Gasteiger partial charge >= 0.3 is 0 Å². The summed E-state index contributed by atoms with van der Waals surface area (Å²) in [5.41, 5.74) is 6.64. The maximum absolute atomic E-state index is 9.93. The van der Waals surface area contributed by atoms with E-state index in [1.807, 2.05) is 12.1 Å². The fourth-order valence-electron chi connectivity index (χ4n) is 4.85. The minimum absolute atomic E-state index is 0.148. The standard InChI is InChI=1S/C31H42N2O2/c1-5-10-28(33-20-18-32(19-21-33)24(2)3)23-25(4)31(27-14-16-29(35)17-15-27)30(13-9-22-34)26-11-7-6-8-12-26/h5,7,10-12,14-17,23-24,34-35H,4,6,8-9,13,18-22H2,1-3H3/b10-5-,28-23+,31-30+. The highest BCUT2D eigenvalue weighted by atomic mass is 16.3. The Labute approximate surface area is 212 Å². The van der Waals surface area contributed by atoms with Crippen LogP contribution in [0.2, 0.25) is 0 Å². The van der Waals surface area contributed by atoms with Gasteiger partial charge in [-0.25, -0.2) is 0 Å². The van der Waals surface area contributed by atoms with Gasteiger partial charge in [-0.15, -0.1) is 0 Å². The number of aliphatic hydroxyl groups is 1. The third-order valence-corrected chi connectivity index (χ3v) is 6.78. The third-order valence-electron chi connectivity index (χ3n) is 6.78. The highest BCUT2D eigenvalue weighted by Crippen LogP contribution is 2.36. The number of phenolic OH excluding ortho intramolecular Hbond substituents is 1. The molecule has 0 bridgehead atoms. The monoisotopic (exact) mass is 474 g/mol. The topological polar surface area (TPSA) is 46.9 Å². The van der Waals surface area contributed by atoms with Crippen LogP contribution < -0.4 is 0 Å². The number of benzene rings is 1. The second-order valence-corrected chi connectivity index (χ2v) is 9.58. The molecule has 4 nitrogen and oxygen atoms in total. The number of hydrogen-bond donors (Lipinski definition) is 2. The van der Waals surface area contributed by atoms with Crippen molar-refractivity contribution < 1.29 is 10.2 Å². The first-order valence-corrected chi connectivity index (χ1v) is 13.0. The smallest absolute Gasteiger partial charge is 0.115 e. The summed E-state index contributed by atoms with van der Waals surface area (Å²) in [5, 5.41) is 19.6. The molecular formula is C31H42N2O2. The zero-order valence-corrected chi connectivity index (χ0v) is 21.7. The molecule has 0 aromatic heterocycles. The molecule has 188 valence electrons. The molecule has 1 aromatic carbocycles. The Morgan fingerprint density at radius 1 is 1.09 bits per heavy atom. The van der Waals surface area contributed by atoms with Crippen LogP contribution in [0.4, 0.5) is 0 Å². The SMILES string of the molecule is C=C(/C=C(\C=C/C)N1CCN(C(C)C)CC1)/C(=C(/CCCO)C1=CCCC=C1)c1ccc(O)cc1. The summed E-state index contributed by atoms with van der Waals surface area (Å²) in [5.74, 6) is 0.251. The minimum Gasteiger partial charge on any atom is -0.508 e. The summed E-state index contributed by atoms with van der Waals surface area (Å²) < 4.78 is 0. The second kappa shape index (κ2) is 13.3. The molecule has 2 N–H and O–H groups in total. The molecule has 1 heterocycles. The molecule has 0 amide bonds. The Hall–Kier alpha value is -2.82. The van der Waals surface area contributed by atoms with E-state index in [4.69, 9.17) is 0 Å². The molecule has 0 saturated carbocycles. The molecular weight excluding hydrogens is 432 g/mol. The van der Waals surface area contributed by atoms with Crippen molar-refractivity contribution in [3.8, 4) is 5.75 Å². The van der Waals surface area contributed by atoms with Gasteiger partial charge in [0.25, 0.3) is 0 Å². The fraction of sp³-hybridized carbons (Fsp3) is 0.419. The van der Waals surface area contributed by atoms with E-state index in [1.165, 1.54) is 16.8 Å². The lowest BCUT2D eigenvalue weighted by atomic mass is 9.85. The molecule has 1 saturated heterocycles. The Balaban J connectivity index is 2.05. The maximum atomic E-state index is 9.93. The molecule has 4 heteroatoms. The van der Waals surface area contributed by atoms with Crippen molar-refractivity contribution >= 4 is 5.57 Å². The van der Waals surface area contributed by atoms with E-state index >= 15 is 0 Å². The summed E-state index contributed by atoms with van der Waals surface area (Å²) in [6, 6.07) is 7.97. The van der Waals surface area contributed by atoms with Crippen molar-refractivity contribution in [3.05, 3.63) is 95.3 Å². The Morgan fingerprint density at radius 3 is 2.37 bits per heavy atom. The summed E-state index contributed by atoms with van der Waals surface area (Å²) in [7, 11) is 0. The van der Waals surface area contributed by atoms with Gasteiger partial charge in [0, 0.05) is 44.5 Å². The van der Waals surface area contributed by atoms with Crippen molar-refractivity contribution in [2.45, 2.75) is 52.5 Å². The van der Waals surface area contributed by atoms with Gasteiger partial charge in [-0.1, -0.05) is 43.0 Å². The average molecular weight is 475 g/mol. The molecule has 0 radical (unpaired) electrons. The zero-order chi connectivity index (χ0) is 25.2. The number of aliphatic hydroxyl groups excluding tert-OH is 1. The van der Waals surface area contributed by atoms with Crippen LogP contribution in [-0.4, -0.2) is 58.8 Å². The van der Waals surface area contributed by atoms with E-state index in [2.05, 4.69) is 73.6 Å². The normalized spacial score (nSPS) is 18.3. The minimum atomic E-state index is 0.148. The predicted molar refractivity (Wildman–Crippen MR) is 148 cm³/mol. The molecule has 1 aromatic rings. The van der Waals surface area contributed by atoms with Crippen LogP contribution >= 0.6 is 0 Å². The second-order valence-electron chi connectivity index (χ2n) is 9.58. The molecule has 35 heavy (non-hydrogen) atoms. The van der Waals surface area contributed by atoms with Crippen LogP contribution in [0.25, 0.3) is 5.57 Å². The van der Waals surface area contributed by atoms with Crippen molar-refractivity contribution in [1.29, 1.82) is 0 Å². The molecule has 1 aliphatic heterocycles. The van der Waals surface area contributed by atoms with Crippen LogP contribution in [0.3, 0.4) is 0 Å². The van der Waals surface area contributed by atoms with Crippen molar-refractivity contribution in [2.24, 2.45) is 0 Å². The van der Waals surface area contributed by atoms with Crippen molar-refractivity contribution in [3.63, 3.8) is 0 Å². The van der Waals surface area contributed by atoms with E-state index in [-0.39, 0.29) is 12.4 Å². The molecule has 1 fully saturated rings. The van der Waals surface area contributed by atoms with Crippen molar-refractivity contribution in [1.82, 2.24) is 9.80 Å². The van der Waals surface area contributed by atoms with Gasteiger partial charge in [-0.05, 0) is 98.6 Å². The van der Waals surface area contributed by atoms with Crippen LogP contribution in [0.15, 0.2) is 89.7 Å². The maximum Gasteiger partial charge on any atom is 0.115 e. The summed E-state index contributed by atoms with van der Waals surface area (Å²) in [4.78, 5) is 4.97. The molecule has 0 atom stereocenters. The van der Waals surface area contributed by atoms with E-state index in [1.54, 1.807) is 12.1 Å². The molecule has 3 rings (SSSR count). The van der Waals surface area contributed by atoms with Crippen molar-refractivity contribution in [2.75, 3.05) is 32.8 Å². The summed E-state index contributed by atoms with van der Waals surface area (Å²) in [6.45, 7) is 15.4. The van der Waals surface area contributed by atoms with E-state index in [0.29, 0.717) is 12.5 Å². The highest BCUT2D eigenvalue weighted by molar-refractivity contribution is 5.86. The first-order valence-electron chi connectivity index (χ1n) is 13.0. The predicted octanol–water partition coefficient (Wildman–Crippen LogP) is 6.24. The quantitative estimate of drug-likeness (QED) is 0.394. The number of rotatable bonds is 10. The van der Waals surface area contributed by atoms with Gasteiger partial charge in [-0.2, -0.15) is 0 Å². The number of allylic oxidation sites excluding steroid dienone is 10. The van der Waals surface area contributed by atoms with Gasteiger partial charge in [0.2, 0.25) is 0 Å². The van der Waals surface area contributed by atoms with Crippen LogP contribution in [0, 0.1) is 0 Å².